The molecule has 3 rings (SSSR count). The van der Waals surface area contributed by atoms with Crippen molar-refractivity contribution in [2.24, 2.45) is 0 Å². The average Bonchev–Trinajstić information content (AvgIpc) is 3.04. The molecule has 0 spiro atoms. The number of urea groups is 1. The Morgan fingerprint density at radius 1 is 1.10 bits per heavy atom. The number of nitrogens with zero attached hydrogens (tertiary/aromatic N) is 3. The summed E-state index contributed by atoms with van der Waals surface area (Å²) in [4.78, 5) is 14.5. The minimum Gasteiger partial charge on any atom is -0.338 e. The number of carbonyl (C=O) groups is 1. The Kier molecular flexibility index (Phi) is 6.65. The van der Waals surface area contributed by atoms with Crippen molar-refractivity contribution in [1.29, 1.82) is 0 Å². The molecule has 1 heterocycles. The zero-order valence-corrected chi connectivity index (χ0v) is 17.1. The van der Waals surface area contributed by atoms with Gasteiger partial charge in [-0.25, -0.2) is 9.18 Å². The molecule has 3 aromatic rings. The monoisotopic (exact) mass is 394 g/mol. The summed E-state index contributed by atoms with van der Waals surface area (Å²) < 4.78 is 15.3. The molecule has 2 amide bonds. The van der Waals surface area contributed by atoms with Crippen LogP contribution >= 0.6 is 0 Å². The zero-order valence-electron chi connectivity index (χ0n) is 17.1. The zero-order chi connectivity index (χ0) is 20.8. The lowest BCUT2D eigenvalue weighted by atomic mass is 9.97. The summed E-state index contributed by atoms with van der Waals surface area (Å²) >= 11 is 0. The van der Waals surface area contributed by atoms with Crippen LogP contribution in [0.4, 0.5) is 9.18 Å². The van der Waals surface area contributed by atoms with E-state index in [0.29, 0.717) is 6.54 Å². The SMILES string of the molecule is Cc1cc(C)n(CCCNC(=O)N(C)C(c2ccccc2)c2ccc(F)cc2)n1. The maximum atomic E-state index is 13.4. The molecule has 152 valence electrons. The number of halogens is 1. The third-order valence-corrected chi connectivity index (χ3v) is 4.93. The van der Waals surface area contributed by atoms with Gasteiger partial charge in [-0.1, -0.05) is 42.5 Å². The molecule has 1 unspecified atom stereocenters. The lowest BCUT2D eigenvalue weighted by molar-refractivity contribution is 0.198. The topological polar surface area (TPSA) is 50.2 Å². The van der Waals surface area contributed by atoms with E-state index in [2.05, 4.69) is 10.4 Å². The molecule has 1 N–H and O–H groups in total. The largest absolute Gasteiger partial charge is 0.338 e. The van der Waals surface area contributed by atoms with E-state index in [9.17, 15) is 9.18 Å². The molecular formula is C23H27FN4O. The van der Waals surface area contributed by atoms with Crippen LogP contribution in [0.2, 0.25) is 0 Å². The average molecular weight is 394 g/mol. The van der Waals surface area contributed by atoms with Gasteiger partial charge in [0, 0.05) is 25.8 Å². The predicted octanol–water partition coefficient (Wildman–Crippen LogP) is 4.46. The Morgan fingerprint density at radius 3 is 2.38 bits per heavy atom. The van der Waals surface area contributed by atoms with Gasteiger partial charge < -0.3 is 10.2 Å². The van der Waals surface area contributed by atoms with E-state index in [1.807, 2.05) is 54.9 Å². The normalized spacial score (nSPS) is 11.9. The number of aromatic nitrogens is 2. The summed E-state index contributed by atoms with van der Waals surface area (Å²) in [6, 6.07) is 17.6. The molecule has 0 aliphatic carbocycles. The van der Waals surface area contributed by atoms with Crippen LogP contribution < -0.4 is 5.32 Å². The van der Waals surface area contributed by atoms with Gasteiger partial charge in [-0.15, -0.1) is 0 Å². The van der Waals surface area contributed by atoms with E-state index in [1.165, 1.54) is 12.1 Å². The van der Waals surface area contributed by atoms with Gasteiger partial charge in [-0.3, -0.25) is 4.68 Å². The molecule has 2 aromatic carbocycles. The lowest BCUT2D eigenvalue weighted by Crippen LogP contribution is -2.40. The third-order valence-electron chi connectivity index (χ3n) is 4.93. The molecule has 1 aromatic heterocycles. The highest BCUT2D eigenvalue weighted by Crippen LogP contribution is 2.27. The fourth-order valence-electron chi connectivity index (χ4n) is 3.49. The number of aryl methyl sites for hydroxylation is 3. The van der Waals surface area contributed by atoms with Crippen LogP contribution in [0.25, 0.3) is 0 Å². The second-order valence-electron chi connectivity index (χ2n) is 7.21. The maximum Gasteiger partial charge on any atom is 0.317 e. The second kappa shape index (κ2) is 9.37. The first-order valence-electron chi connectivity index (χ1n) is 9.78. The van der Waals surface area contributed by atoms with Gasteiger partial charge in [-0.2, -0.15) is 5.10 Å². The second-order valence-corrected chi connectivity index (χ2v) is 7.21. The summed E-state index contributed by atoms with van der Waals surface area (Å²) in [5.41, 5.74) is 3.94. The Morgan fingerprint density at radius 2 is 1.76 bits per heavy atom. The highest BCUT2D eigenvalue weighted by Gasteiger charge is 2.23. The van der Waals surface area contributed by atoms with Crippen LogP contribution in [-0.4, -0.2) is 34.3 Å². The molecule has 29 heavy (non-hydrogen) atoms. The van der Waals surface area contributed by atoms with Gasteiger partial charge in [0.15, 0.2) is 0 Å². The third kappa shape index (κ3) is 5.22. The van der Waals surface area contributed by atoms with Crippen molar-refractivity contribution in [2.45, 2.75) is 32.9 Å². The van der Waals surface area contributed by atoms with Gasteiger partial charge in [0.05, 0.1) is 11.7 Å². The van der Waals surface area contributed by atoms with E-state index in [4.69, 9.17) is 0 Å². The van der Waals surface area contributed by atoms with Gasteiger partial charge in [0.1, 0.15) is 5.82 Å². The molecule has 0 saturated heterocycles. The van der Waals surface area contributed by atoms with Crippen molar-refractivity contribution in [3.8, 4) is 0 Å². The van der Waals surface area contributed by atoms with Crippen molar-refractivity contribution in [1.82, 2.24) is 20.0 Å². The Balaban J connectivity index is 1.65. The van der Waals surface area contributed by atoms with Crippen molar-refractivity contribution in [3.05, 3.63) is 89.0 Å². The molecular weight excluding hydrogens is 367 g/mol. The van der Waals surface area contributed by atoms with Gasteiger partial charge >= 0.3 is 6.03 Å². The maximum absolute atomic E-state index is 13.4. The lowest BCUT2D eigenvalue weighted by Gasteiger charge is -2.29. The molecule has 0 fully saturated rings. The van der Waals surface area contributed by atoms with Crippen LogP contribution in [0.3, 0.4) is 0 Å². The van der Waals surface area contributed by atoms with Crippen molar-refractivity contribution in [2.75, 3.05) is 13.6 Å². The number of hydrogen-bond acceptors (Lipinski definition) is 2. The molecule has 0 radical (unpaired) electrons. The molecule has 5 nitrogen and oxygen atoms in total. The quantitative estimate of drug-likeness (QED) is 0.602. The van der Waals surface area contributed by atoms with Crippen LogP contribution in [0.5, 0.6) is 0 Å². The number of nitrogens with one attached hydrogen (secondary N) is 1. The number of carbonyl (C=O) groups excluding carboxylic acids is 1. The van der Waals surface area contributed by atoms with E-state index >= 15 is 0 Å². The minimum atomic E-state index is -0.298. The van der Waals surface area contributed by atoms with Gasteiger partial charge in [0.2, 0.25) is 0 Å². The van der Waals surface area contributed by atoms with Gasteiger partial charge in [-0.05, 0) is 49.6 Å². The van der Waals surface area contributed by atoms with Crippen molar-refractivity contribution < 1.29 is 9.18 Å². The number of hydrogen-bond donors (Lipinski definition) is 1. The summed E-state index contributed by atoms with van der Waals surface area (Å²) in [5.74, 6) is -0.295. The molecule has 0 aliphatic rings. The first-order valence-corrected chi connectivity index (χ1v) is 9.78. The molecule has 6 heteroatoms. The first kappa shape index (κ1) is 20.6. The van der Waals surface area contributed by atoms with Crippen LogP contribution in [0.1, 0.15) is 35.0 Å². The Labute approximate surface area is 171 Å². The van der Waals surface area contributed by atoms with Crippen LogP contribution in [0, 0.1) is 19.7 Å². The summed E-state index contributed by atoms with van der Waals surface area (Å²) in [5, 5.41) is 7.42. The standard InChI is InChI=1S/C23H27FN4O/c1-17-16-18(2)28(26-17)15-7-14-25-23(29)27(3)22(19-8-5-4-6-9-19)20-10-12-21(24)13-11-20/h4-6,8-13,16,22H,7,14-15H2,1-3H3,(H,25,29). The molecule has 1 atom stereocenters. The molecule has 0 aliphatic heterocycles. The Hall–Kier alpha value is -3.15. The summed E-state index contributed by atoms with van der Waals surface area (Å²) in [7, 11) is 1.76. The van der Waals surface area contributed by atoms with Crippen molar-refractivity contribution in [3.63, 3.8) is 0 Å². The summed E-state index contributed by atoms with van der Waals surface area (Å²) in [6.45, 7) is 5.30. The highest BCUT2D eigenvalue weighted by molar-refractivity contribution is 5.75. The van der Waals surface area contributed by atoms with E-state index < -0.39 is 0 Å². The van der Waals surface area contributed by atoms with E-state index in [-0.39, 0.29) is 17.9 Å². The van der Waals surface area contributed by atoms with Crippen LogP contribution in [-0.2, 0) is 6.54 Å². The summed E-state index contributed by atoms with van der Waals surface area (Å²) in [6.07, 6.45) is 0.786. The van der Waals surface area contributed by atoms with Gasteiger partial charge in [0.25, 0.3) is 0 Å². The predicted molar refractivity (Wildman–Crippen MR) is 112 cm³/mol. The first-order chi connectivity index (χ1) is 14.0. The molecule has 0 saturated carbocycles. The molecule has 0 bridgehead atoms. The highest BCUT2D eigenvalue weighted by atomic mass is 19.1. The fourth-order valence-corrected chi connectivity index (χ4v) is 3.49. The number of amides is 2. The van der Waals surface area contributed by atoms with Crippen molar-refractivity contribution >= 4 is 6.03 Å². The van der Waals surface area contributed by atoms with Crippen LogP contribution in [0.15, 0.2) is 60.7 Å². The Bertz CT molecular complexity index is 937. The number of benzene rings is 2. The van der Waals surface area contributed by atoms with E-state index in [0.717, 1.165) is 35.5 Å². The smallest absolute Gasteiger partial charge is 0.317 e. The fraction of sp³-hybridized carbons (Fsp3) is 0.304. The minimum absolute atomic E-state index is 0.170. The van der Waals surface area contributed by atoms with E-state index in [1.54, 1.807) is 24.1 Å². The number of rotatable bonds is 7.